The molecule has 0 radical (unpaired) electrons. The van der Waals surface area contributed by atoms with E-state index in [9.17, 15) is 12.8 Å². The van der Waals surface area contributed by atoms with Crippen LogP contribution in [0.25, 0.3) is 0 Å². The summed E-state index contributed by atoms with van der Waals surface area (Å²) in [6.07, 6.45) is 0. The molecule has 2 rings (SSSR count). The van der Waals surface area contributed by atoms with Crippen LogP contribution in [-0.2, 0) is 10.0 Å². The smallest absolute Gasteiger partial charge is 0.264 e. The monoisotopic (exact) mass is 368 g/mol. The molecular formula is C12H8Cl3FN2O2S. The van der Waals surface area contributed by atoms with E-state index in [1.165, 1.54) is 18.2 Å². The number of sulfonamides is 1. The molecule has 0 aromatic heterocycles. The van der Waals surface area contributed by atoms with Crippen molar-refractivity contribution in [2.75, 3.05) is 10.5 Å². The Balaban J connectivity index is 2.48. The van der Waals surface area contributed by atoms with Gasteiger partial charge in [0.1, 0.15) is 4.90 Å². The molecule has 0 unspecified atom stereocenters. The zero-order chi connectivity index (χ0) is 15.8. The number of hydrogen-bond donors (Lipinski definition) is 2. The molecule has 0 saturated carbocycles. The van der Waals surface area contributed by atoms with Crippen LogP contribution in [0.1, 0.15) is 0 Å². The largest absolute Gasteiger partial charge is 0.396 e. The number of nitrogen functional groups attached to an aromatic ring is 1. The highest BCUT2D eigenvalue weighted by atomic mass is 35.5. The van der Waals surface area contributed by atoms with E-state index in [1.54, 1.807) is 0 Å². The lowest BCUT2D eigenvalue weighted by Crippen LogP contribution is -2.15. The van der Waals surface area contributed by atoms with Gasteiger partial charge in [0.25, 0.3) is 10.0 Å². The number of hydrogen-bond acceptors (Lipinski definition) is 3. The molecule has 4 nitrogen and oxygen atoms in total. The first-order valence-corrected chi connectivity index (χ1v) is 8.04. The fourth-order valence-electron chi connectivity index (χ4n) is 1.60. The molecule has 0 bridgehead atoms. The Morgan fingerprint density at radius 1 is 0.952 bits per heavy atom. The van der Waals surface area contributed by atoms with Crippen molar-refractivity contribution in [2.45, 2.75) is 4.90 Å². The molecule has 9 heteroatoms. The zero-order valence-electron chi connectivity index (χ0n) is 10.2. The summed E-state index contributed by atoms with van der Waals surface area (Å²) in [6, 6.07) is 6.17. The van der Waals surface area contributed by atoms with Crippen molar-refractivity contribution in [2.24, 2.45) is 0 Å². The van der Waals surface area contributed by atoms with Gasteiger partial charge in [-0.2, -0.15) is 0 Å². The quantitative estimate of drug-likeness (QED) is 0.798. The summed E-state index contributed by atoms with van der Waals surface area (Å²) in [5.74, 6) is -1.08. The van der Waals surface area contributed by atoms with E-state index in [2.05, 4.69) is 4.72 Å². The van der Waals surface area contributed by atoms with E-state index in [0.29, 0.717) is 0 Å². The molecule has 0 aliphatic carbocycles. The van der Waals surface area contributed by atoms with Crippen molar-refractivity contribution in [3.05, 3.63) is 51.2 Å². The Hall–Kier alpha value is -1.21. The third-order valence-electron chi connectivity index (χ3n) is 2.44. The lowest BCUT2D eigenvalue weighted by atomic mass is 10.3. The summed E-state index contributed by atoms with van der Waals surface area (Å²) in [4.78, 5) is -0.663. The molecule has 0 aliphatic rings. The second-order valence-electron chi connectivity index (χ2n) is 4.07. The summed E-state index contributed by atoms with van der Waals surface area (Å²) in [6.45, 7) is 0. The van der Waals surface area contributed by atoms with Crippen molar-refractivity contribution < 1.29 is 12.8 Å². The second kappa shape index (κ2) is 5.88. The van der Waals surface area contributed by atoms with Crippen molar-refractivity contribution in [1.29, 1.82) is 0 Å². The van der Waals surface area contributed by atoms with Crippen LogP contribution in [0.4, 0.5) is 15.8 Å². The zero-order valence-corrected chi connectivity index (χ0v) is 13.3. The molecule has 2 aromatic carbocycles. The maximum absolute atomic E-state index is 13.9. The minimum Gasteiger partial charge on any atom is -0.396 e. The van der Waals surface area contributed by atoms with Crippen molar-refractivity contribution in [3.63, 3.8) is 0 Å². The molecule has 112 valence electrons. The SMILES string of the molecule is Nc1cc(Cl)cc(S(=O)(=O)Nc2cc(Cl)cc(Cl)c2)c1F. The minimum atomic E-state index is -4.23. The lowest BCUT2D eigenvalue weighted by Gasteiger charge is -2.11. The lowest BCUT2D eigenvalue weighted by molar-refractivity contribution is 0.573. The summed E-state index contributed by atoms with van der Waals surface area (Å²) in [7, 11) is -4.23. The Bertz CT molecular complexity index is 792. The van der Waals surface area contributed by atoms with E-state index in [-0.39, 0.29) is 26.4 Å². The maximum atomic E-state index is 13.9. The van der Waals surface area contributed by atoms with Crippen molar-refractivity contribution >= 4 is 56.2 Å². The van der Waals surface area contributed by atoms with Crippen LogP contribution in [0, 0.1) is 5.82 Å². The molecule has 0 aliphatic heterocycles. The Morgan fingerprint density at radius 3 is 2.05 bits per heavy atom. The van der Waals surface area contributed by atoms with Crippen LogP contribution < -0.4 is 10.5 Å². The number of halogens is 4. The Morgan fingerprint density at radius 2 is 1.48 bits per heavy atom. The molecule has 0 atom stereocenters. The van der Waals surface area contributed by atoms with Gasteiger partial charge in [0.2, 0.25) is 0 Å². The number of nitrogens with one attached hydrogen (secondary N) is 1. The van der Waals surface area contributed by atoms with Crippen LogP contribution in [0.15, 0.2) is 35.2 Å². The van der Waals surface area contributed by atoms with Crippen molar-refractivity contribution in [3.8, 4) is 0 Å². The molecule has 0 spiro atoms. The van der Waals surface area contributed by atoms with E-state index in [4.69, 9.17) is 40.5 Å². The fourth-order valence-corrected chi connectivity index (χ4v) is 3.59. The third kappa shape index (κ3) is 3.71. The Labute approximate surface area is 135 Å². The molecule has 2 aromatic rings. The van der Waals surface area contributed by atoms with Gasteiger partial charge in [-0.05, 0) is 30.3 Å². The summed E-state index contributed by atoms with van der Waals surface area (Å²) in [5, 5.41) is 0.455. The summed E-state index contributed by atoms with van der Waals surface area (Å²) in [5.41, 5.74) is 5.09. The van der Waals surface area contributed by atoms with Gasteiger partial charge >= 0.3 is 0 Å². The molecule has 0 fully saturated rings. The van der Waals surface area contributed by atoms with E-state index >= 15 is 0 Å². The molecule has 21 heavy (non-hydrogen) atoms. The number of anilines is 2. The van der Waals surface area contributed by atoms with Gasteiger partial charge in [0.15, 0.2) is 5.82 Å². The van der Waals surface area contributed by atoms with Crippen LogP contribution in [0.3, 0.4) is 0 Å². The van der Waals surface area contributed by atoms with Gasteiger partial charge in [0.05, 0.1) is 11.4 Å². The molecular weight excluding hydrogens is 362 g/mol. The normalized spacial score (nSPS) is 11.4. The van der Waals surface area contributed by atoms with Crippen LogP contribution in [-0.4, -0.2) is 8.42 Å². The van der Waals surface area contributed by atoms with Gasteiger partial charge in [-0.1, -0.05) is 34.8 Å². The van der Waals surface area contributed by atoms with Gasteiger partial charge in [0, 0.05) is 15.1 Å². The van der Waals surface area contributed by atoms with Crippen LogP contribution in [0.2, 0.25) is 15.1 Å². The number of nitrogens with two attached hydrogens (primary N) is 1. The first-order chi connectivity index (χ1) is 9.69. The number of rotatable bonds is 3. The summed E-state index contributed by atoms with van der Waals surface area (Å²) >= 11 is 17.2. The average Bonchev–Trinajstić information content (AvgIpc) is 2.31. The van der Waals surface area contributed by atoms with Gasteiger partial charge in [-0.25, -0.2) is 12.8 Å². The molecule has 0 heterocycles. The first kappa shape index (κ1) is 16.2. The number of benzene rings is 2. The molecule has 0 saturated heterocycles. The van der Waals surface area contributed by atoms with Gasteiger partial charge < -0.3 is 5.73 Å². The van der Waals surface area contributed by atoms with Crippen molar-refractivity contribution in [1.82, 2.24) is 0 Å². The maximum Gasteiger partial charge on any atom is 0.264 e. The van der Waals surface area contributed by atoms with Gasteiger partial charge in [-0.15, -0.1) is 0 Å². The van der Waals surface area contributed by atoms with Gasteiger partial charge in [-0.3, -0.25) is 4.72 Å². The average molecular weight is 370 g/mol. The predicted molar refractivity (Wildman–Crippen MR) is 83.1 cm³/mol. The molecule has 3 N–H and O–H groups in total. The highest BCUT2D eigenvalue weighted by Gasteiger charge is 2.22. The summed E-state index contributed by atoms with van der Waals surface area (Å²) < 4.78 is 40.4. The van der Waals surface area contributed by atoms with Crippen LogP contribution in [0.5, 0.6) is 0 Å². The van der Waals surface area contributed by atoms with E-state index in [0.717, 1.165) is 12.1 Å². The van der Waals surface area contributed by atoms with E-state index in [1.807, 2.05) is 0 Å². The third-order valence-corrected chi connectivity index (χ3v) is 4.47. The Kier molecular flexibility index (Phi) is 4.53. The van der Waals surface area contributed by atoms with E-state index < -0.39 is 20.7 Å². The minimum absolute atomic E-state index is 0.00148. The topological polar surface area (TPSA) is 72.2 Å². The second-order valence-corrected chi connectivity index (χ2v) is 7.03. The predicted octanol–water partition coefficient (Wildman–Crippen LogP) is 4.17. The molecule has 0 amide bonds. The fraction of sp³-hybridized carbons (Fsp3) is 0. The standard InChI is InChI=1S/C12H8Cl3FN2O2S/c13-6-1-7(14)3-9(2-6)18-21(19,20)11-5-8(15)4-10(17)12(11)16/h1-5,18H,17H2. The van der Waals surface area contributed by atoms with Crippen LogP contribution >= 0.6 is 34.8 Å². The first-order valence-electron chi connectivity index (χ1n) is 5.42. The highest BCUT2D eigenvalue weighted by molar-refractivity contribution is 7.92. The highest BCUT2D eigenvalue weighted by Crippen LogP contribution is 2.28.